The first-order valence-electron chi connectivity index (χ1n) is 7.33. The van der Waals surface area contributed by atoms with Crippen molar-refractivity contribution in [1.82, 2.24) is 10.8 Å². The van der Waals surface area contributed by atoms with E-state index in [0.29, 0.717) is 13.0 Å². The SMILES string of the molecule is COC(=O)C(C)NCCCC(=C=O)[C@H](NOC(C)(C)C)C(=O)O. The Balaban J connectivity index is 4.47. The van der Waals surface area contributed by atoms with Crippen LogP contribution < -0.4 is 10.8 Å². The highest BCUT2D eigenvalue weighted by Crippen LogP contribution is 2.11. The fourth-order valence-corrected chi connectivity index (χ4v) is 1.62. The van der Waals surface area contributed by atoms with Crippen molar-refractivity contribution < 1.29 is 29.1 Å². The van der Waals surface area contributed by atoms with Crippen molar-refractivity contribution in [1.29, 1.82) is 0 Å². The zero-order valence-corrected chi connectivity index (χ0v) is 14.3. The Kier molecular flexibility index (Phi) is 9.36. The lowest BCUT2D eigenvalue weighted by Gasteiger charge is -2.23. The maximum Gasteiger partial charge on any atom is 0.328 e. The van der Waals surface area contributed by atoms with E-state index in [0.717, 1.165) is 0 Å². The number of aliphatic carboxylic acids is 1. The van der Waals surface area contributed by atoms with Gasteiger partial charge in [-0.1, -0.05) is 0 Å². The number of carbonyl (C=O) groups is 2. The second kappa shape index (κ2) is 10.1. The molecule has 0 bridgehead atoms. The molecule has 8 heteroatoms. The molecule has 0 saturated carbocycles. The molecule has 0 radical (unpaired) electrons. The Morgan fingerprint density at radius 3 is 2.35 bits per heavy atom. The fraction of sp³-hybridized carbons (Fsp3) is 0.733. The molecule has 0 heterocycles. The number of hydrogen-bond donors (Lipinski definition) is 3. The molecule has 0 aliphatic heterocycles. The fourth-order valence-electron chi connectivity index (χ4n) is 1.62. The molecule has 0 aromatic rings. The van der Waals surface area contributed by atoms with E-state index in [2.05, 4.69) is 15.5 Å². The minimum Gasteiger partial charge on any atom is -0.480 e. The number of hydroxylamine groups is 1. The van der Waals surface area contributed by atoms with Crippen molar-refractivity contribution in [3.63, 3.8) is 0 Å². The van der Waals surface area contributed by atoms with Crippen LogP contribution in [0.1, 0.15) is 40.5 Å². The molecule has 8 nitrogen and oxygen atoms in total. The smallest absolute Gasteiger partial charge is 0.328 e. The summed E-state index contributed by atoms with van der Waals surface area (Å²) in [7, 11) is 1.30. The minimum atomic E-state index is -1.26. The van der Waals surface area contributed by atoms with Gasteiger partial charge in [-0.05, 0) is 47.1 Å². The van der Waals surface area contributed by atoms with Gasteiger partial charge in [0.1, 0.15) is 12.0 Å². The molecule has 0 amide bonds. The Labute approximate surface area is 136 Å². The largest absolute Gasteiger partial charge is 0.480 e. The molecule has 0 aromatic carbocycles. The van der Waals surface area contributed by atoms with Crippen LogP contribution in [0, 0.1) is 0 Å². The zero-order valence-electron chi connectivity index (χ0n) is 14.3. The van der Waals surface area contributed by atoms with E-state index in [1.807, 2.05) is 0 Å². The molecule has 0 aliphatic rings. The topological polar surface area (TPSA) is 114 Å². The number of methoxy groups -OCH3 is 1. The lowest BCUT2D eigenvalue weighted by atomic mass is 10.0. The third-order valence-electron chi connectivity index (χ3n) is 2.84. The van der Waals surface area contributed by atoms with Gasteiger partial charge in [0.05, 0.1) is 12.7 Å². The third-order valence-corrected chi connectivity index (χ3v) is 2.84. The summed E-state index contributed by atoms with van der Waals surface area (Å²) in [6.07, 6.45) is 0.675. The summed E-state index contributed by atoms with van der Waals surface area (Å²) in [5, 5.41) is 12.1. The number of esters is 1. The molecule has 0 rings (SSSR count). The van der Waals surface area contributed by atoms with E-state index in [1.54, 1.807) is 33.6 Å². The van der Waals surface area contributed by atoms with Crippen molar-refractivity contribution in [3.05, 3.63) is 5.57 Å². The molecule has 0 spiro atoms. The van der Waals surface area contributed by atoms with Crippen LogP contribution in [-0.2, 0) is 24.0 Å². The average molecular weight is 330 g/mol. The second-order valence-corrected chi connectivity index (χ2v) is 6.03. The Morgan fingerprint density at radius 2 is 1.91 bits per heavy atom. The van der Waals surface area contributed by atoms with Crippen molar-refractivity contribution >= 4 is 17.9 Å². The number of nitrogens with one attached hydrogen (secondary N) is 2. The predicted molar refractivity (Wildman–Crippen MR) is 83.3 cm³/mol. The van der Waals surface area contributed by atoms with Crippen molar-refractivity contribution in [2.45, 2.75) is 58.2 Å². The number of carboxylic acid groups (broad SMARTS) is 1. The first-order valence-corrected chi connectivity index (χ1v) is 7.33. The number of carbonyl (C=O) groups excluding carboxylic acids is 2. The average Bonchev–Trinajstić information content (AvgIpc) is 2.46. The summed E-state index contributed by atoms with van der Waals surface area (Å²) < 4.78 is 4.57. The summed E-state index contributed by atoms with van der Waals surface area (Å²) >= 11 is 0. The summed E-state index contributed by atoms with van der Waals surface area (Å²) in [6, 6.07) is -1.73. The Bertz CT molecular complexity index is 451. The maximum absolute atomic E-state index is 11.3. The predicted octanol–water partition coefficient (Wildman–Crippen LogP) is 0.449. The second-order valence-electron chi connectivity index (χ2n) is 6.03. The van der Waals surface area contributed by atoms with Gasteiger partial charge in [0.15, 0.2) is 6.04 Å². The summed E-state index contributed by atoms with van der Waals surface area (Å²) in [4.78, 5) is 38.7. The maximum atomic E-state index is 11.3. The highest BCUT2D eigenvalue weighted by Gasteiger charge is 2.25. The summed E-state index contributed by atoms with van der Waals surface area (Å²) in [5.41, 5.74) is 1.85. The minimum absolute atomic E-state index is 0.0503. The van der Waals surface area contributed by atoms with Gasteiger partial charge < -0.3 is 15.2 Å². The van der Waals surface area contributed by atoms with Gasteiger partial charge in [0, 0.05) is 5.57 Å². The molecule has 2 atom stereocenters. The molecule has 132 valence electrons. The normalized spacial score (nSPS) is 13.8. The monoisotopic (exact) mass is 330 g/mol. The van der Waals surface area contributed by atoms with Gasteiger partial charge in [0.2, 0.25) is 0 Å². The van der Waals surface area contributed by atoms with Crippen LogP contribution in [0.5, 0.6) is 0 Å². The molecule has 0 aromatic heterocycles. The van der Waals surface area contributed by atoms with Gasteiger partial charge >= 0.3 is 11.9 Å². The van der Waals surface area contributed by atoms with Gasteiger partial charge in [-0.3, -0.25) is 14.4 Å². The van der Waals surface area contributed by atoms with E-state index in [-0.39, 0.29) is 18.0 Å². The quantitative estimate of drug-likeness (QED) is 0.229. The van der Waals surface area contributed by atoms with Crippen LogP contribution in [0.25, 0.3) is 0 Å². The van der Waals surface area contributed by atoms with Gasteiger partial charge in [-0.15, -0.1) is 0 Å². The van der Waals surface area contributed by atoms with Crippen LogP contribution in [0.2, 0.25) is 0 Å². The van der Waals surface area contributed by atoms with Gasteiger partial charge in [-0.25, -0.2) is 4.79 Å². The van der Waals surface area contributed by atoms with Gasteiger partial charge in [-0.2, -0.15) is 5.48 Å². The van der Waals surface area contributed by atoms with Crippen LogP contribution in [-0.4, -0.2) is 54.3 Å². The molecular weight excluding hydrogens is 304 g/mol. The number of hydrogen-bond acceptors (Lipinski definition) is 7. The highest BCUT2D eigenvalue weighted by molar-refractivity contribution is 5.81. The van der Waals surface area contributed by atoms with Crippen LogP contribution >= 0.6 is 0 Å². The standard InChI is InChI=1S/C15H26N2O6/c1-10(14(21)22-5)16-8-6-7-11(9-18)12(13(19)20)17-23-15(2,3)4/h10,12,16-17H,6-8H2,1-5H3,(H,19,20)/t10?,12-/m0/s1. The van der Waals surface area contributed by atoms with E-state index >= 15 is 0 Å². The van der Waals surface area contributed by atoms with Gasteiger partial charge in [0.25, 0.3) is 0 Å². The molecule has 23 heavy (non-hydrogen) atoms. The molecule has 1 unspecified atom stereocenters. The summed E-state index contributed by atoms with van der Waals surface area (Å²) in [6.45, 7) is 7.33. The first kappa shape index (κ1) is 21.3. The lowest BCUT2D eigenvalue weighted by Crippen LogP contribution is -2.43. The zero-order chi connectivity index (χ0) is 18.0. The Morgan fingerprint density at radius 1 is 1.30 bits per heavy atom. The number of carboxylic acids is 1. The molecule has 0 fully saturated rings. The Hall–Kier alpha value is -1.73. The van der Waals surface area contributed by atoms with E-state index in [1.165, 1.54) is 7.11 Å². The van der Waals surface area contributed by atoms with E-state index in [4.69, 9.17) is 4.84 Å². The molecule has 0 saturated heterocycles. The van der Waals surface area contributed by atoms with Crippen LogP contribution in [0.4, 0.5) is 0 Å². The molecule has 3 N–H and O–H groups in total. The van der Waals surface area contributed by atoms with Crippen molar-refractivity contribution in [2.24, 2.45) is 0 Å². The summed E-state index contributed by atoms with van der Waals surface area (Å²) in [5.74, 6) is 0.0577. The molecule has 0 aliphatic carbocycles. The molecular formula is C15H26N2O6. The highest BCUT2D eigenvalue weighted by atomic mass is 16.7. The van der Waals surface area contributed by atoms with Crippen LogP contribution in [0.3, 0.4) is 0 Å². The van der Waals surface area contributed by atoms with Crippen molar-refractivity contribution in [3.8, 4) is 0 Å². The van der Waals surface area contributed by atoms with E-state index in [9.17, 15) is 19.5 Å². The third kappa shape index (κ3) is 9.10. The number of rotatable bonds is 10. The van der Waals surface area contributed by atoms with E-state index < -0.39 is 23.7 Å². The van der Waals surface area contributed by atoms with Crippen LogP contribution in [0.15, 0.2) is 5.57 Å². The first-order chi connectivity index (χ1) is 10.6. The van der Waals surface area contributed by atoms with Crippen molar-refractivity contribution in [2.75, 3.05) is 13.7 Å². The lowest BCUT2D eigenvalue weighted by molar-refractivity contribution is -0.148. The number of ether oxygens (including phenoxy) is 1.